The van der Waals surface area contributed by atoms with Crippen LogP contribution < -0.4 is 19.1 Å². The molecule has 7 nitrogen and oxygen atoms in total. The SMILES string of the molecule is COc1ccc(CC(C)(C)NCCCOc2ccc(N(Cc3ccccc3)S(=O)(=O)c3ccc(C)cc3)cc2C#N)cc1. The van der Waals surface area contributed by atoms with E-state index in [1.807, 2.05) is 49.4 Å². The summed E-state index contributed by atoms with van der Waals surface area (Å²) in [5.41, 5.74) is 3.59. The second-order valence-electron chi connectivity index (χ2n) is 11.1. The molecule has 224 valence electrons. The fourth-order valence-corrected chi connectivity index (χ4v) is 6.23. The number of aryl methyl sites for hydroxylation is 1. The van der Waals surface area contributed by atoms with E-state index in [1.165, 1.54) is 9.87 Å². The van der Waals surface area contributed by atoms with Gasteiger partial charge >= 0.3 is 0 Å². The molecule has 0 aliphatic carbocycles. The minimum absolute atomic E-state index is 0.112. The number of nitrogens with zero attached hydrogens (tertiary/aromatic N) is 2. The number of methoxy groups -OCH3 is 1. The van der Waals surface area contributed by atoms with Gasteiger partial charge in [-0.1, -0.05) is 60.2 Å². The van der Waals surface area contributed by atoms with Gasteiger partial charge in [0.2, 0.25) is 0 Å². The summed E-state index contributed by atoms with van der Waals surface area (Å²) in [4.78, 5) is 0.190. The Labute approximate surface area is 255 Å². The number of sulfonamides is 1. The van der Waals surface area contributed by atoms with Crippen molar-refractivity contribution < 1.29 is 17.9 Å². The van der Waals surface area contributed by atoms with Crippen molar-refractivity contribution in [1.29, 1.82) is 5.26 Å². The predicted octanol–water partition coefficient (Wildman–Crippen LogP) is 6.65. The van der Waals surface area contributed by atoms with Crippen LogP contribution in [0.5, 0.6) is 11.5 Å². The van der Waals surface area contributed by atoms with Crippen molar-refractivity contribution in [3.63, 3.8) is 0 Å². The van der Waals surface area contributed by atoms with E-state index in [4.69, 9.17) is 9.47 Å². The maximum Gasteiger partial charge on any atom is 0.264 e. The maximum absolute atomic E-state index is 13.8. The van der Waals surface area contributed by atoms with E-state index < -0.39 is 10.0 Å². The molecule has 0 aliphatic rings. The van der Waals surface area contributed by atoms with Gasteiger partial charge in [0.05, 0.1) is 36.4 Å². The number of ether oxygens (including phenoxy) is 2. The molecule has 0 amide bonds. The molecule has 0 unspecified atom stereocenters. The normalized spacial score (nSPS) is 11.5. The largest absolute Gasteiger partial charge is 0.497 e. The Morgan fingerprint density at radius 2 is 1.60 bits per heavy atom. The highest BCUT2D eigenvalue weighted by molar-refractivity contribution is 7.92. The number of nitrogens with one attached hydrogen (secondary N) is 1. The smallest absolute Gasteiger partial charge is 0.264 e. The van der Waals surface area contributed by atoms with Crippen LogP contribution in [0, 0.1) is 18.3 Å². The molecule has 4 aromatic carbocycles. The van der Waals surface area contributed by atoms with Gasteiger partial charge in [-0.15, -0.1) is 0 Å². The molecule has 1 N–H and O–H groups in total. The summed E-state index contributed by atoms with van der Waals surface area (Å²) in [6, 6.07) is 31.4. The first-order chi connectivity index (χ1) is 20.6. The summed E-state index contributed by atoms with van der Waals surface area (Å²) in [7, 11) is -2.24. The summed E-state index contributed by atoms with van der Waals surface area (Å²) in [6.07, 6.45) is 1.60. The van der Waals surface area contributed by atoms with Crippen LogP contribution in [0.25, 0.3) is 0 Å². The van der Waals surface area contributed by atoms with Crippen LogP contribution >= 0.6 is 0 Å². The van der Waals surface area contributed by atoms with E-state index >= 15 is 0 Å². The minimum Gasteiger partial charge on any atom is -0.497 e. The van der Waals surface area contributed by atoms with Gasteiger partial charge < -0.3 is 14.8 Å². The summed E-state index contributed by atoms with van der Waals surface area (Å²) >= 11 is 0. The molecule has 0 aliphatic heterocycles. The van der Waals surface area contributed by atoms with Gasteiger partial charge in [0.25, 0.3) is 10.0 Å². The van der Waals surface area contributed by atoms with Gasteiger partial charge in [-0.25, -0.2) is 8.42 Å². The zero-order chi connectivity index (χ0) is 30.9. The van der Waals surface area contributed by atoms with Crippen LogP contribution in [0.4, 0.5) is 5.69 Å². The average Bonchev–Trinajstić information content (AvgIpc) is 3.00. The van der Waals surface area contributed by atoms with E-state index in [1.54, 1.807) is 49.6 Å². The molecule has 0 radical (unpaired) electrons. The molecule has 43 heavy (non-hydrogen) atoms. The third-order valence-corrected chi connectivity index (χ3v) is 8.92. The quantitative estimate of drug-likeness (QED) is 0.164. The first-order valence-electron chi connectivity index (χ1n) is 14.3. The van der Waals surface area contributed by atoms with E-state index in [9.17, 15) is 13.7 Å². The number of rotatable bonds is 14. The minimum atomic E-state index is -3.90. The van der Waals surface area contributed by atoms with E-state index in [0.717, 1.165) is 36.3 Å². The van der Waals surface area contributed by atoms with Gasteiger partial charge in [-0.3, -0.25) is 4.31 Å². The number of benzene rings is 4. The average molecular weight is 598 g/mol. The number of hydrogen-bond donors (Lipinski definition) is 1. The molecular weight excluding hydrogens is 558 g/mol. The van der Waals surface area contributed by atoms with E-state index in [0.29, 0.717) is 18.0 Å². The highest BCUT2D eigenvalue weighted by Crippen LogP contribution is 2.30. The Hall–Kier alpha value is -4.32. The van der Waals surface area contributed by atoms with E-state index in [-0.39, 0.29) is 22.5 Å². The Kier molecular flexibility index (Phi) is 10.5. The van der Waals surface area contributed by atoms with Crippen molar-refractivity contribution in [2.75, 3.05) is 24.6 Å². The lowest BCUT2D eigenvalue weighted by Crippen LogP contribution is -2.42. The second kappa shape index (κ2) is 14.2. The van der Waals surface area contributed by atoms with Gasteiger partial charge in [-0.2, -0.15) is 5.26 Å². The number of nitriles is 1. The summed E-state index contributed by atoms with van der Waals surface area (Å²) in [6.45, 7) is 7.51. The van der Waals surface area contributed by atoms with Gasteiger partial charge in [0.1, 0.15) is 17.6 Å². The molecule has 0 fully saturated rings. The summed E-state index contributed by atoms with van der Waals surface area (Å²) < 4.78 is 40.2. The standard InChI is InChI=1S/C35H39N3O4S/c1-27-11-18-33(19-12-27)43(39,40)38(26-29-9-6-5-7-10-29)31-15-20-34(30(23-31)25-36)42-22-8-21-37-35(2,3)24-28-13-16-32(41-4)17-14-28/h5-7,9-20,23,37H,8,21-22,24,26H2,1-4H3. The molecule has 0 bridgehead atoms. The Balaban J connectivity index is 1.42. The lowest BCUT2D eigenvalue weighted by Gasteiger charge is -2.27. The Morgan fingerprint density at radius 1 is 0.907 bits per heavy atom. The van der Waals surface area contributed by atoms with Crippen molar-refractivity contribution in [1.82, 2.24) is 5.32 Å². The maximum atomic E-state index is 13.8. The van der Waals surface area contributed by atoms with Crippen molar-refractivity contribution in [3.05, 3.63) is 119 Å². The highest BCUT2D eigenvalue weighted by atomic mass is 32.2. The monoisotopic (exact) mass is 597 g/mol. The first-order valence-corrected chi connectivity index (χ1v) is 15.7. The summed E-state index contributed by atoms with van der Waals surface area (Å²) in [5, 5.41) is 13.5. The molecule has 4 rings (SSSR count). The zero-order valence-corrected chi connectivity index (χ0v) is 26.0. The van der Waals surface area contributed by atoms with Crippen LogP contribution in [-0.2, 0) is 23.0 Å². The van der Waals surface area contributed by atoms with Crippen molar-refractivity contribution >= 4 is 15.7 Å². The lowest BCUT2D eigenvalue weighted by molar-refractivity contribution is 0.293. The molecule has 0 heterocycles. The molecular formula is C35H39N3O4S. The predicted molar refractivity (Wildman–Crippen MR) is 171 cm³/mol. The zero-order valence-electron chi connectivity index (χ0n) is 25.2. The van der Waals surface area contributed by atoms with Crippen LogP contribution in [-0.4, -0.2) is 34.2 Å². The second-order valence-corrected chi connectivity index (χ2v) is 13.0. The van der Waals surface area contributed by atoms with E-state index in [2.05, 4.69) is 37.4 Å². The fourth-order valence-electron chi connectivity index (χ4n) is 4.79. The van der Waals surface area contributed by atoms with Crippen molar-refractivity contribution in [2.24, 2.45) is 0 Å². The molecule has 4 aromatic rings. The Bertz CT molecular complexity index is 1630. The third-order valence-electron chi connectivity index (χ3n) is 7.14. The van der Waals surface area contributed by atoms with Gasteiger partial charge in [0, 0.05) is 5.54 Å². The lowest BCUT2D eigenvalue weighted by atomic mass is 9.95. The molecule has 0 saturated carbocycles. The third kappa shape index (κ3) is 8.60. The van der Waals surface area contributed by atoms with Crippen molar-refractivity contribution in [3.8, 4) is 17.6 Å². The van der Waals surface area contributed by atoms with Crippen LogP contribution in [0.15, 0.2) is 102 Å². The Morgan fingerprint density at radius 3 is 2.26 bits per heavy atom. The van der Waals surface area contributed by atoms with Gasteiger partial charge in [0.15, 0.2) is 0 Å². The number of anilines is 1. The van der Waals surface area contributed by atoms with Gasteiger partial charge in [-0.05, 0) is 93.7 Å². The topological polar surface area (TPSA) is 91.7 Å². The first kappa shape index (κ1) is 31.6. The molecule has 0 saturated heterocycles. The van der Waals surface area contributed by atoms with Crippen LogP contribution in [0.2, 0.25) is 0 Å². The van der Waals surface area contributed by atoms with Crippen LogP contribution in [0.1, 0.15) is 42.5 Å². The molecule has 0 spiro atoms. The van der Waals surface area contributed by atoms with Crippen LogP contribution in [0.3, 0.4) is 0 Å². The van der Waals surface area contributed by atoms with Crippen molar-refractivity contribution in [2.45, 2.75) is 50.6 Å². The fraction of sp³-hybridized carbons (Fsp3) is 0.286. The molecule has 8 heteroatoms. The number of hydrogen-bond acceptors (Lipinski definition) is 6. The summed E-state index contributed by atoms with van der Waals surface area (Å²) in [5.74, 6) is 1.27. The molecule has 0 atom stereocenters. The molecule has 0 aromatic heterocycles. The highest BCUT2D eigenvalue weighted by Gasteiger charge is 2.26.